The zero-order valence-corrected chi connectivity index (χ0v) is 18.5. The van der Waals surface area contributed by atoms with E-state index in [-0.39, 0.29) is 29.5 Å². The average Bonchev–Trinajstić information content (AvgIpc) is 2.79. The van der Waals surface area contributed by atoms with Gasteiger partial charge in [-0.25, -0.2) is 0 Å². The molecule has 0 radical (unpaired) electrons. The van der Waals surface area contributed by atoms with Crippen LogP contribution in [0.15, 0.2) is 75.9 Å². The highest BCUT2D eigenvalue weighted by Crippen LogP contribution is 2.32. The van der Waals surface area contributed by atoms with Gasteiger partial charge in [0.25, 0.3) is 5.91 Å². The lowest BCUT2D eigenvalue weighted by Gasteiger charge is -2.13. The van der Waals surface area contributed by atoms with Crippen molar-refractivity contribution in [1.29, 1.82) is 0 Å². The van der Waals surface area contributed by atoms with E-state index in [0.717, 1.165) is 16.7 Å². The molecule has 32 heavy (non-hydrogen) atoms. The zero-order valence-electron chi connectivity index (χ0n) is 17.8. The fourth-order valence-electron chi connectivity index (χ4n) is 3.31. The standard InChI is InChI=1S/C26H22ClNO4/c1-16-8-10-19(11-9-16)25-26(24(30)20-13-21(27)17(2)12-22(20)32-25)31-15-23(29)28-14-18-6-4-3-5-7-18/h3-13H,14-15H2,1-2H3,(H,28,29). The number of halogens is 1. The van der Waals surface area contributed by atoms with Gasteiger partial charge in [-0.15, -0.1) is 0 Å². The van der Waals surface area contributed by atoms with Crippen LogP contribution in [0.4, 0.5) is 0 Å². The molecule has 6 heteroatoms. The molecule has 0 spiro atoms. The molecule has 0 atom stereocenters. The van der Waals surface area contributed by atoms with Crippen LogP contribution in [0.25, 0.3) is 22.3 Å². The summed E-state index contributed by atoms with van der Waals surface area (Å²) in [5.41, 5.74) is 3.56. The number of rotatable bonds is 6. The Morgan fingerprint density at radius 3 is 2.47 bits per heavy atom. The predicted molar refractivity (Wildman–Crippen MR) is 126 cm³/mol. The molecule has 162 valence electrons. The highest BCUT2D eigenvalue weighted by molar-refractivity contribution is 6.32. The number of carbonyl (C=O) groups excluding carboxylic acids is 1. The zero-order chi connectivity index (χ0) is 22.7. The van der Waals surface area contributed by atoms with Gasteiger partial charge in [0, 0.05) is 17.1 Å². The molecule has 1 N–H and O–H groups in total. The molecule has 4 rings (SSSR count). The first-order valence-corrected chi connectivity index (χ1v) is 10.6. The van der Waals surface area contributed by atoms with Gasteiger partial charge in [0.1, 0.15) is 5.58 Å². The van der Waals surface area contributed by atoms with Gasteiger partial charge in [-0.05, 0) is 37.1 Å². The second-order valence-corrected chi connectivity index (χ2v) is 8.01. The normalized spacial score (nSPS) is 10.8. The van der Waals surface area contributed by atoms with Crippen molar-refractivity contribution < 1.29 is 13.9 Å². The third-order valence-corrected chi connectivity index (χ3v) is 5.53. The van der Waals surface area contributed by atoms with E-state index >= 15 is 0 Å². The van der Waals surface area contributed by atoms with Crippen LogP contribution in [-0.2, 0) is 11.3 Å². The van der Waals surface area contributed by atoms with Crippen molar-refractivity contribution in [3.05, 3.63) is 98.7 Å². The summed E-state index contributed by atoms with van der Waals surface area (Å²) in [4.78, 5) is 25.6. The maximum absolute atomic E-state index is 13.3. The molecule has 0 aliphatic rings. The Morgan fingerprint density at radius 1 is 1.03 bits per heavy atom. The molecular formula is C26H22ClNO4. The fraction of sp³-hybridized carbons (Fsp3) is 0.154. The lowest BCUT2D eigenvalue weighted by Crippen LogP contribution is -2.29. The minimum absolute atomic E-state index is 0.0175. The third kappa shape index (κ3) is 4.68. The van der Waals surface area contributed by atoms with E-state index in [1.165, 1.54) is 0 Å². The highest BCUT2D eigenvalue weighted by Gasteiger charge is 2.19. The van der Waals surface area contributed by atoms with Crippen LogP contribution in [0.1, 0.15) is 16.7 Å². The molecule has 3 aromatic carbocycles. The van der Waals surface area contributed by atoms with Gasteiger partial charge in [-0.2, -0.15) is 0 Å². The average molecular weight is 448 g/mol. The van der Waals surface area contributed by atoms with Crippen molar-refractivity contribution in [2.45, 2.75) is 20.4 Å². The topological polar surface area (TPSA) is 68.5 Å². The van der Waals surface area contributed by atoms with Crippen LogP contribution in [0, 0.1) is 13.8 Å². The Hall–Kier alpha value is -3.57. The molecule has 1 amide bonds. The summed E-state index contributed by atoms with van der Waals surface area (Å²) in [5.74, 6) is -0.0821. The van der Waals surface area contributed by atoms with Crippen molar-refractivity contribution in [2.24, 2.45) is 0 Å². The molecule has 0 saturated carbocycles. The predicted octanol–water partition coefficient (Wildman–Crippen LogP) is 5.43. The molecule has 5 nitrogen and oxygen atoms in total. The Kier molecular flexibility index (Phi) is 6.28. The van der Waals surface area contributed by atoms with Crippen molar-refractivity contribution in [3.8, 4) is 17.1 Å². The van der Waals surface area contributed by atoms with Crippen LogP contribution in [0.3, 0.4) is 0 Å². The first kappa shape index (κ1) is 21.7. The highest BCUT2D eigenvalue weighted by atomic mass is 35.5. The number of aryl methyl sites for hydroxylation is 2. The largest absolute Gasteiger partial charge is 0.476 e. The summed E-state index contributed by atoms with van der Waals surface area (Å²) in [6.07, 6.45) is 0. The summed E-state index contributed by atoms with van der Waals surface area (Å²) in [7, 11) is 0. The van der Waals surface area contributed by atoms with E-state index in [1.54, 1.807) is 12.1 Å². The van der Waals surface area contributed by atoms with E-state index in [2.05, 4.69) is 5.32 Å². The van der Waals surface area contributed by atoms with Crippen molar-refractivity contribution in [2.75, 3.05) is 6.61 Å². The van der Waals surface area contributed by atoms with Gasteiger partial charge in [-0.1, -0.05) is 71.8 Å². The molecule has 0 aliphatic carbocycles. The molecule has 0 bridgehead atoms. The molecule has 0 aliphatic heterocycles. The number of fused-ring (bicyclic) bond motifs is 1. The van der Waals surface area contributed by atoms with Crippen LogP contribution in [0.5, 0.6) is 5.75 Å². The maximum atomic E-state index is 13.3. The molecule has 4 aromatic rings. The number of amides is 1. The molecule has 1 aromatic heterocycles. The Balaban J connectivity index is 1.66. The van der Waals surface area contributed by atoms with Crippen molar-refractivity contribution in [1.82, 2.24) is 5.32 Å². The SMILES string of the molecule is Cc1ccc(-c2oc3cc(C)c(Cl)cc3c(=O)c2OCC(=O)NCc2ccccc2)cc1. The smallest absolute Gasteiger partial charge is 0.258 e. The number of ether oxygens (including phenoxy) is 1. The lowest BCUT2D eigenvalue weighted by atomic mass is 10.1. The van der Waals surface area contributed by atoms with Crippen LogP contribution < -0.4 is 15.5 Å². The summed E-state index contributed by atoms with van der Waals surface area (Å²) in [6.45, 7) is 3.87. The summed E-state index contributed by atoms with van der Waals surface area (Å²) in [5, 5.41) is 3.55. The number of nitrogens with one attached hydrogen (secondary N) is 1. The molecule has 0 saturated heterocycles. The number of benzene rings is 3. The van der Waals surface area contributed by atoms with E-state index in [9.17, 15) is 9.59 Å². The van der Waals surface area contributed by atoms with E-state index < -0.39 is 0 Å². The molecule has 0 unspecified atom stereocenters. The van der Waals surface area contributed by atoms with Crippen LogP contribution in [0.2, 0.25) is 5.02 Å². The Bertz CT molecular complexity index is 1330. The Morgan fingerprint density at radius 2 is 1.75 bits per heavy atom. The van der Waals surface area contributed by atoms with Gasteiger partial charge in [0.05, 0.1) is 5.39 Å². The van der Waals surface area contributed by atoms with Gasteiger partial charge in [-0.3, -0.25) is 9.59 Å². The monoisotopic (exact) mass is 447 g/mol. The maximum Gasteiger partial charge on any atom is 0.258 e. The minimum atomic E-state index is -0.375. The summed E-state index contributed by atoms with van der Waals surface area (Å²) in [6, 6.07) is 20.4. The number of carbonyl (C=O) groups is 1. The van der Waals surface area contributed by atoms with Crippen molar-refractivity contribution >= 4 is 28.5 Å². The van der Waals surface area contributed by atoms with Crippen LogP contribution in [-0.4, -0.2) is 12.5 Å². The fourth-order valence-corrected chi connectivity index (χ4v) is 3.47. The van der Waals surface area contributed by atoms with Gasteiger partial charge < -0.3 is 14.5 Å². The lowest BCUT2D eigenvalue weighted by molar-refractivity contribution is -0.123. The van der Waals surface area contributed by atoms with Gasteiger partial charge >= 0.3 is 0 Å². The quantitative estimate of drug-likeness (QED) is 0.428. The third-order valence-electron chi connectivity index (χ3n) is 5.12. The summed E-state index contributed by atoms with van der Waals surface area (Å²) >= 11 is 6.23. The van der Waals surface area contributed by atoms with Gasteiger partial charge in [0.15, 0.2) is 12.4 Å². The number of hydrogen-bond acceptors (Lipinski definition) is 4. The summed E-state index contributed by atoms with van der Waals surface area (Å²) < 4.78 is 11.8. The first-order chi connectivity index (χ1) is 15.4. The van der Waals surface area contributed by atoms with Crippen molar-refractivity contribution in [3.63, 3.8) is 0 Å². The second-order valence-electron chi connectivity index (χ2n) is 7.60. The van der Waals surface area contributed by atoms with Gasteiger partial charge in [0.2, 0.25) is 11.2 Å². The molecular weight excluding hydrogens is 426 g/mol. The van der Waals surface area contributed by atoms with Crippen LogP contribution >= 0.6 is 11.6 Å². The van der Waals surface area contributed by atoms with E-state index in [0.29, 0.717) is 28.1 Å². The first-order valence-electron chi connectivity index (χ1n) is 10.2. The van der Waals surface area contributed by atoms with E-state index in [4.69, 9.17) is 20.8 Å². The Labute approximate surface area is 190 Å². The van der Waals surface area contributed by atoms with E-state index in [1.807, 2.05) is 68.4 Å². The minimum Gasteiger partial charge on any atom is -0.476 e. The molecule has 1 heterocycles. The number of hydrogen-bond donors (Lipinski definition) is 1. The molecule has 0 fully saturated rings. The second kappa shape index (κ2) is 9.28.